The molecule has 4 nitrogen and oxygen atoms in total. The van der Waals surface area contributed by atoms with Crippen molar-refractivity contribution >= 4 is 5.69 Å². The molecule has 4 heterocycles. The quantitative estimate of drug-likeness (QED) is 0.423. The monoisotopic (exact) mass is 532 g/mol. The molecule has 2 fully saturated rings. The topological polar surface area (TPSA) is 40.2 Å². The Morgan fingerprint density at radius 1 is 0.897 bits per heavy atom. The van der Waals surface area contributed by atoms with Gasteiger partial charge in [0, 0.05) is 55.7 Å². The summed E-state index contributed by atoms with van der Waals surface area (Å²) in [7, 11) is 0. The molecule has 1 aromatic carbocycles. The Bertz CT molecular complexity index is 1010. The number of nitrogens with zero attached hydrogens (tertiary/aromatic N) is 2. The zero-order valence-electron chi connectivity index (χ0n) is 25.8. The van der Waals surface area contributed by atoms with E-state index in [2.05, 4.69) is 86.3 Å². The van der Waals surface area contributed by atoms with Crippen LogP contribution in [-0.2, 0) is 19.4 Å². The number of rotatable bonds is 3. The number of hydrogen-bond donors (Lipinski definition) is 2. The van der Waals surface area contributed by atoms with Gasteiger partial charge in [0.1, 0.15) is 0 Å². The summed E-state index contributed by atoms with van der Waals surface area (Å²) in [5.74, 6) is 3.58. The molecule has 2 aromatic rings. The normalized spacial score (nSPS) is 24.4. The molecule has 216 valence electrons. The molecule has 3 unspecified atom stereocenters. The maximum absolute atomic E-state index is 4.39. The van der Waals surface area contributed by atoms with Gasteiger partial charge in [0.05, 0.1) is 0 Å². The molecule has 1 saturated carbocycles. The summed E-state index contributed by atoms with van der Waals surface area (Å²) in [6, 6.07) is 12.6. The number of benzene rings is 1. The highest BCUT2D eigenvalue weighted by molar-refractivity contribution is 5.54. The predicted octanol–water partition coefficient (Wildman–Crippen LogP) is 7.83. The van der Waals surface area contributed by atoms with Crippen LogP contribution in [0.25, 0.3) is 0 Å². The Morgan fingerprint density at radius 3 is 2.51 bits per heavy atom. The van der Waals surface area contributed by atoms with E-state index in [1.165, 1.54) is 79.6 Å². The summed E-state index contributed by atoms with van der Waals surface area (Å²) in [5, 5.41) is 7.11. The van der Waals surface area contributed by atoms with Crippen LogP contribution in [-0.4, -0.2) is 41.6 Å². The van der Waals surface area contributed by atoms with Crippen molar-refractivity contribution in [1.29, 1.82) is 0 Å². The summed E-state index contributed by atoms with van der Waals surface area (Å²) in [6.07, 6.45) is 12.8. The second kappa shape index (κ2) is 14.6. The van der Waals surface area contributed by atoms with E-state index in [9.17, 15) is 0 Å². The average molecular weight is 533 g/mol. The lowest BCUT2D eigenvalue weighted by atomic mass is 9.71. The molecule has 0 bridgehead atoms. The SMILES string of the molecule is CC(C)C1CCC2NCCCC2C1.CC(C)N1CCc2ncccc2C1.CC(C)c1ccc2c(c1)CCCN2. The van der Waals surface area contributed by atoms with E-state index in [1.807, 2.05) is 12.3 Å². The van der Waals surface area contributed by atoms with Crippen molar-refractivity contribution in [2.45, 2.75) is 117 Å². The predicted molar refractivity (Wildman–Crippen MR) is 168 cm³/mol. The molecule has 0 radical (unpaired) electrons. The zero-order valence-corrected chi connectivity index (χ0v) is 25.8. The van der Waals surface area contributed by atoms with Gasteiger partial charge < -0.3 is 10.6 Å². The van der Waals surface area contributed by atoms with Crippen LogP contribution in [0.2, 0.25) is 0 Å². The number of aromatic nitrogens is 1. The summed E-state index contributed by atoms with van der Waals surface area (Å²) < 4.78 is 0. The maximum atomic E-state index is 4.39. The molecular formula is C35H56N4. The fourth-order valence-corrected chi connectivity index (χ4v) is 6.83. The van der Waals surface area contributed by atoms with Crippen molar-refractivity contribution in [2.24, 2.45) is 17.8 Å². The molecule has 4 heteroatoms. The highest BCUT2D eigenvalue weighted by Gasteiger charge is 2.32. The van der Waals surface area contributed by atoms with Gasteiger partial charge >= 0.3 is 0 Å². The van der Waals surface area contributed by atoms with Gasteiger partial charge in [-0.3, -0.25) is 9.88 Å². The molecule has 4 aliphatic rings. The van der Waals surface area contributed by atoms with Crippen LogP contribution in [0.15, 0.2) is 36.5 Å². The standard InChI is InChI=1S/C12H23N.C12H17N.C11H16N2/c2*1-9(2)10-5-6-12-11(8-10)4-3-7-13-12;1-9(2)13-7-5-11-10(8-13)4-3-6-12-11/h9-13H,3-8H2,1-2H3;5-6,8-9,13H,3-4,7H2,1-2H3;3-4,6,9H,5,7-8H2,1-2H3. The molecule has 0 amide bonds. The van der Waals surface area contributed by atoms with E-state index >= 15 is 0 Å². The molecule has 3 aliphatic heterocycles. The van der Waals surface area contributed by atoms with Crippen LogP contribution < -0.4 is 10.6 Å². The summed E-state index contributed by atoms with van der Waals surface area (Å²) in [5.41, 5.74) is 7.00. The summed E-state index contributed by atoms with van der Waals surface area (Å²) >= 11 is 0. The molecule has 0 spiro atoms. The molecule has 3 atom stereocenters. The van der Waals surface area contributed by atoms with Gasteiger partial charge in [-0.1, -0.05) is 45.9 Å². The summed E-state index contributed by atoms with van der Waals surface area (Å²) in [6.45, 7) is 18.4. The maximum Gasteiger partial charge on any atom is 0.0461 e. The summed E-state index contributed by atoms with van der Waals surface area (Å²) in [4.78, 5) is 6.88. The third-order valence-corrected chi connectivity index (χ3v) is 9.58. The van der Waals surface area contributed by atoms with Crippen molar-refractivity contribution in [3.05, 3.63) is 58.9 Å². The van der Waals surface area contributed by atoms with E-state index in [4.69, 9.17) is 0 Å². The van der Waals surface area contributed by atoms with Gasteiger partial charge in [-0.15, -0.1) is 0 Å². The lowest BCUT2D eigenvalue weighted by molar-refractivity contribution is 0.139. The first-order valence-electron chi connectivity index (χ1n) is 16.1. The van der Waals surface area contributed by atoms with Crippen LogP contribution in [0.1, 0.15) is 108 Å². The van der Waals surface area contributed by atoms with Gasteiger partial charge in [-0.05, 0) is 118 Å². The molecule has 1 aromatic heterocycles. The van der Waals surface area contributed by atoms with Crippen LogP contribution in [0.4, 0.5) is 5.69 Å². The van der Waals surface area contributed by atoms with E-state index in [-0.39, 0.29) is 0 Å². The Kier molecular flexibility index (Phi) is 11.3. The van der Waals surface area contributed by atoms with E-state index in [1.54, 1.807) is 0 Å². The van der Waals surface area contributed by atoms with Crippen molar-refractivity contribution < 1.29 is 0 Å². The van der Waals surface area contributed by atoms with Crippen molar-refractivity contribution in [2.75, 3.05) is 25.0 Å². The number of pyridine rings is 1. The number of fused-ring (bicyclic) bond motifs is 3. The van der Waals surface area contributed by atoms with Crippen molar-refractivity contribution in [1.82, 2.24) is 15.2 Å². The number of hydrogen-bond acceptors (Lipinski definition) is 4. The lowest BCUT2D eigenvalue weighted by Crippen LogP contribution is -2.45. The Morgan fingerprint density at radius 2 is 1.74 bits per heavy atom. The molecule has 1 aliphatic carbocycles. The second-order valence-electron chi connectivity index (χ2n) is 13.3. The fourth-order valence-electron chi connectivity index (χ4n) is 6.83. The molecule has 6 rings (SSSR count). The van der Waals surface area contributed by atoms with Crippen LogP contribution in [0, 0.1) is 17.8 Å². The molecular weight excluding hydrogens is 476 g/mol. The Labute approximate surface area is 239 Å². The third-order valence-electron chi connectivity index (χ3n) is 9.58. The van der Waals surface area contributed by atoms with Gasteiger partial charge in [-0.25, -0.2) is 0 Å². The average Bonchev–Trinajstić information content (AvgIpc) is 2.97. The minimum absolute atomic E-state index is 0.646. The first-order chi connectivity index (χ1) is 18.8. The van der Waals surface area contributed by atoms with Crippen molar-refractivity contribution in [3.63, 3.8) is 0 Å². The van der Waals surface area contributed by atoms with Crippen molar-refractivity contribution in [3.8, 4) is 0 Å². The van der Waals surface area contributed by atoms with E-state index in [0.717, 1.165) is 49.9 Å². The molecule has 2 N–H and O–H groups in total. The van der Waals surface area contributed by atoms with E-state index in [0.29, 0.717) is 12.0 Å². The number of nitrogens with one attached hydrogen (secondary N) is 2. The minimum Gasteiger partial charge on any atom is -0.385 e. The zero-order chi connectivity index (χ0) is 27.8. The second-order valence-corrected chi connectivity index (χ2v) is 13.3. The lowest BCUT2D eigenvalue weighted by Gasteiger charge is -2.41. The highest BCUT2D eigenvalue weighted by Crippen LogP contribution is 2.37. The smallest absolute Gasteiger partial charge is 0.0461 e. The van der Waals surface area contributed by atoms with Crippen LogP contribution >= 0.6 is 0 Å². The van der Waals surface area contributed by atoms with Gasteiger partial charge in [0.25, 0.3) is 0 Å². The third kappa shape index (κ3) is 8.54. The molecule has 1 saturated heterocycles. The fraction of sp³-hybridized carbons (Fsp3) is 0.686. The Balaban J connectivity index is 0.000000136. The number of anilines is 1. The largest absolute Gasteiger partial charge is 0.385 e. The number of piperidine rings is 1. The Hall–Kier alpha value is -1.91. The first-order valence-corrected chi connectivity index (χ1v) is 16.1. The first kappa shape index (κ1) is 30.1. The van der Waals surface area contributed by atoms with Crippen LogP contribution in [0.5, 0.6) is 0 Å². The van der Waals surface area contributed by atoms with E-state index < -0.39 is 0 Å². The van der Waals surface area contributed by atoms with Crippen LogP contribution in [0.3, 0.4) is 0 Å². The number of aryl methyl sites for hydroxylation is 1. The van der Waals surface area contributed by atoms with Gasteiger partial charge in [0.2, 0.25) is 0 Å². The molecule has 39 heavy (non-hydrogen) atoms. The van der Waals surface area contributed by atoms with Gasteiger partial charge in [0.15, 0.2) is 0 Å². The van der Waals surface area contributed by atoms with Gasteiger partial charge in [-0.2, -0.15) is 0 Å². The minimum atomic E-state index is 0.646. The highest BCUT2D eigenvalue weighted by atomic mass is 15.2.